The zero-order valence-electron chi connectivity index (χ0n) is 8.58. The number of alkyl halides is 3. The van der Waals surface area contributed by atoms with Crippen molar-refractivity contribution in [3.63, 3.8) is 0 Å². The van der Waals surface area contributed by atoms with E-state index in [-0.39, 0.29) is 6.42 Å². The lowest BCUT2D eigenvalue weighted by Gasteiger charge is -2.11. The third-order valence-corrected chi connectivity index (χ3v) is 2.42. The van der Waals surface area contributed by atoms with Gasteiger partial charge in [0.25, 0.3) is 0 Å². The number of aryl methyl sites for hydroxylation is 1. The van der Waals surface area contributed by atoms with Crippen molar-refractivity contribution in [3.8, 4) is 0 Å². The summed E-state index contributed by atoms with van der Waals surface area (Å²) in [7, 11) is 0. The van der Waals surface area contributed by atoms with Gasteiger partial charge in [-0.3, -0.25) is 0 Å². The average Bonchev–Trinajstić information content (AvgIpc) is 2.67. The number of nitrogens with zero attached hydrogens (tertiary/aromatic N) is 1. The lowest BCUT2D eigenvalue weighted by molar-refractivity contribution is -0.212. The van der Waals surface area contributed by atoms with Crippen molar-refractivity contribution in [2.24, 2.45) is 5.16 Å². The Morgan fingerprint density at radius 2 is 1.88 bits per heavy atom. The molecule has 1 atom stereocenters. The van der Waals surface area contributed by atoms with Gasteiger partial charge >= 0.3 is 6.18 Å². The van der Waals surface area contributed by atoms with Gasteiger partial charge in [0.05, 0.1) is 5.71 Å². The van der Waals surface area contributed by atoms with Crippen LogP contribution in [0.4, 0.5) is 13.2 Å². The number of rotatable bonds is 1. The molecule has 1 aliphatic rings. The second-order valence-corrected chi connectivity index (χ2v) is 3.74. The van der Waals surface area contributed by atoms with E-state index in [0.29, 0.717) is 11.3 Å². The molecule has 0 amide bonds. The van der Waals surface area contributed by atoms with Gasteiger partial charge < -0.3 is 4.84 Å². The van der Waals surface area contributed by atoms with E-state index < -0.39 is 12.3 Å². The fraction of sp³-hybridized carbons (Fsp3) is 0.364. The fourth-order valence-electron chi connectivity index (χ4n) is 1.47. The maximum atomic E-state index is 12.3. The van der Waals surface area contributed by atoms with Crippen LogP contribution in [0.15, 0.2) is 29.4 Å². The van der Waals surface area contributed by atoms with Gasteiger partial charge in [-0.15, -0.1) is 0 Å². The summed E-state index contributed by atoms with van der Waals surface area (Å²) < 4.78 is 36.9. The first kappa shape index (κ1) is 11.0. The molecule has 0 radical (unpaired) electrons. The van der Waals surface area contributed by atoms with Crippen molar-refractivity contribution in [1.29, 1.82) is 0 Å². The molecule has 0 fully saturated rings. The maximum absolute atomic E-state index is 12.3. The van der Waals surface area contributed by atoms with Crippen LogP contribution in [-0.2, 0) is 4.84 Å². The highest BCUT2D eigenvalue weighted by atomic mass is 19.4. The van der Waals surface area contributed by atoms with Crippen LogP contribution in [-0.4, -0.2) is 18.0 Å². The Bertz CT molecular complexity index is 408. The lowest BCUT2D eigenvalue weighted by Crippen LogP contribution is -2.28. The van der Waals surface area contributed by atoms with Crippen molar-refractivity contribution in [2.45, 2.75) is 25.6 Å². The molecule has 1 heterocycles. The highest BCUT2D eigenvalue weighted by molar-refractivity contribution is 6.01. The predicted octanol–water partition coefficient (Wildman–Crippen LogP) is 3.05. The molecule has 0 aromatic heterocycles. The van der Waals surface area contributed by atoms with Gasteiger partial charge in [0.15, 0.2) is 0 Å². The van der Waals surface area contributed by atoms with Gasteiger partial charge in [0.1, 0.15) is 0 Å². The summed E-state index contributed by atoms with van der Waals surface area (Å²) in [5.41, 5.74) is 2.08. The first-order chi connectivity index (χ1) is 7.47. The smallest absolute Gasteiger partial charge is 0.382 e. The highest BCUT2D eigenvalue weighted by Crippen LogP contribution is 2.30. The number of benzene rings is 1. The maximum Gasteiger partial charge on any atom is 0.428 e. The SMILES string of the molecule is Cc1ccc(C2=NOC(C(F)(F)F)C2)cc1. The zero-order chi connectivity index (χ0) is 11.8. The first-order valence-corrected chi connectivity index (χ1v) is 4.83. The standard InChI is InChI=1S/C11H10F3NO/c1-7-2-4-8(5-3-7)9-6-10(16-15-9)11(12,13)14/h2-5,10H,6H2,1H3. The third-order valence-electron chi connectivity index (χ3n) is 2.42. The van der Waals surface area contributed by atoms with Crippen molar-refractivity contribution in [2.75, 3.05) is 0 Å². The van der Waals surface area contributed by atoms with Crippen LogP contribution >= 0.6 is 0 Å². The molecule has 0 saturated heterocycles. The monoisotopic (exact) mass is 229 g/mol. The number of hydrogen-bond donors (Lipinski definition) is 0. The molecule has 1 aromatic rings. The topological polar surface area (TPSA) is 21.6 Å². The van der Waals surface area contributed by atoms with Crippen LogP contribution < -0.4 is 0 Å². The normalized spacial score (nSPS) is 20.5. The van der Waals surface area contributed by atoms with Crippen LogP contribution in [0.1, 0.15) is 17.5 Å². The summed E-state index contributed by atoms with van der Waals surface area (Å²) in [5, 5.41) is 3.48. The van der Waals surface area contributed by atoms with E-state index in [1.165, 1.54) is 0 Å². The van der Waals surface area contributed by atoms with Gasteiger partial charge in [-0.1, -0.05) is 35.0 Å². The van der Waals surface area contributed by atoms with E-state index in [1.807, 2.05) is 19.1 Å². The van der Waals surface area contributed by atoms with Gasteiger partial charge in [0.2, 0.25) is 6.10 Å². The van der Waals surface area contributed by atoms with Gasteiger partial charge in [-0.2, -0.15) is 13.2 Å². The van der Waals surface area contributed by atoms with Crippen molar-refractivity contribution in [3.05, 3.63) is 35.4 Å². The Hall–Kier alpha value is -1.52. The molecule has 1 unspecified atom stereocenters. The molecule has 0 saturated carbocycles. The molecule has 5 heteroatoms. The van der Waals surface area contributed by atoms with Crippen LogP contribution in [0, 0.1) is 6.92 Å². The summed E-state index contributed by atoms with van der Waals surface area (Å²) in [5.74, 6) is 0. The second-order valence-electron chi connectivity index (χ2n) is 3.74. The van der Waals surface area contributed by atoms with E-state index >= 15 is 0 Å². The minimum absolute atomic E-state index is 0.216. The Labute approximate surface area is 90.7 Å². The third kappa shape index (κ3) is 2.18. The van der Waals surface area contributed by atoms with E-state index in [2.05, 4.69) is 9.99 Å². The quantitative estimate of drug-likeness (QED) is 0.725. The summed E-state index contributed by atoms with van der Waals surface area (Å²) in [6.45, 7) is 1.91. The van der Waals surface area contributed by atoms with Crippen molar-refractivity contribution in [1.82, 2.24) is 0 Å². The summed E-state index contributed by atoms with van der Waals surface area (Å²) in [4.78, 5) is 4.38. The molecule has 0 spiro atoms. The van der Waals surface area contributed by atoms with E-state index in [0.717, 1.165) is 5.56 Å². The van der Waals surface area contributed by atoms with Crippen molar-refractivity contribution >= 4 is 5.71 Å². The van der Waals surface area contributed by atoms with Gasteiger partial charge in [0, 0.05) is 6.42 Å². The first-order valence-electron chi connectivity index (χ1n) is 4.83. The van der Waals surface area contributed by atoms with Crippen molar-refractivity contribution < 1.29 is 18.0 Å². The van der Waals surface area contributed by atoms with E-state index in [4.69, 9.17) is 0 Å². The molecule has 2 rings (SSSR count). The Balaban J connectivity index is 2.12. The highest BCUT2D eigenvalue weighted by Gasteiger charge is 2.45. The Morgan fingerprint density at radius 3 is 2.38 bits per heavy atom. The predicted molar refractivity (Wildman–Crippen MR) is 53.3 cm³/mol. The molecule has 1 aromatic carbocycles. The molecule has 16 heavy (non-hydrogen) atoms. The minimum atomic E-state index is -4.35. The summed E-state index contributed by atoms with van der Waals surface area (Å²) in [6.07, 6.45) is -6.37. The zero-order valence-corrected chi connectivity index (χ0v) is 8.58. The summed E-state index contributed by atoms with van der Waals surface area (Å²) >= 11 is 0. The summed E-state index contributed by atoms with van der Waals surface area (Å²) in [6, 6.07) is 7.16. The average molecular weight is 229 g/mol. The van der Waals surface area contributed by atoms with Crippen LogP contribution in [0.5, 0.6) is 0 Å². The molecular formula is C11H10F3NO. The van der Waals surface area contributed by atoms with Crippen LogP contribution in [0.25, 0.3) is 0 Å². The molecule has 2 nitrogen and oxygen atoms in total. The minimum Gasteiger partial charge on any atom is -0.382 e. The molecule has 0 N–H and O–H groups in total. The number of oxime groups is 1. The number of halogens is 3. The fourth-order valence-corrected chi connectivity index (χ4v) is 1.47. The molecule has 0 aliphatic carbocycles. The molecule has 86 valence electrons. The Kier molecular flexibility index (Phi) is 2.61. The van der Waals surface area contributed by atoms with E-state index in [1.54, 1.807) is 12.1 Å². The molecular weight excluding hydrogens is 219 g/mol. The van der Waals surface area contributed by atoms with Gasteiger partial charge in [-0.25, -0.2) is 0 Å². The molecule has 0 bridgehead atoms. The van der Waals surface area contributed by atoms with Crippen LogP contribution in [0.3, 0.4) is 0 Å². The van der Waals surface area contributed by atoms with Gasteiger partial charge in [-0.05, 0) is 12.5 Å². The largest absolute Gasteiger partial charge is 0.428 e. The van der Waals surface area contributed by atoms with Crippen LogP contribution in [0.2, 0.25) is 0 Å². The Morgan fingerprint density at radius 1 is 1.25 bits per heavy atom. The molecule has 1 aliphatic heterocycles. The lowest BCUT2D eigenvalue weighted by atomic mass is 10.0. The second kappa shape index (κ2) is 3.81. The van der Waals surface area contributed by atoms with E-state index in [9.17, 15) is 13.2 Å². The number of hydrogen-bond acceptors (Lipinski definition) is 2.